The van der Waals surface area contributed by atoms with Gasteiger partial charge in [0.15, 0.2) is 12.4 Å². The van der Waals surface area contributed by atoms with Gasteiger partial charge in [0.1, 0.15) is 5.75 Å². The predicted octanol–water partition coefficient (Wildman–Crippen LogP) is 3.96. The van der Waals surface area contributed by atoms with Gasteiger partial charge < -0.3 is 14.5 Å². The zero-order chi connectivity index (χ0) is 20.1. The average molecular weight is 455 g/mol. The fraction of sp³-hybridized carbons (Fsp3) is 0.273. The summed E-state index contributed by atoms with van der Waals surface area (Å²) >= 11 is 3.46. The minimum Gasteiger partial charge on any atom is -0.484 e. The van der Waals surface area contributed by atoms with Gasteiger partial charge in [-0.25, -0.2) is 0 Å². The number of carbonyl (C=O) groups excluding carboxylic acids is 1. The number of nitrogens with one attached hydrogen (secondary N) is 1. The zero-order valence-corrected chi connectivity index (χ0v) is 17.6. The molecule has 0 spiro atoms. The molecule has 0 atom stereocenters. The van der Waals surface area contributed by atoms with Gasteiger partial charge in [-0.1, -0.05) is 46.3 Å². The van der Waals surface area contributed by atoms with Crippen molar-refractivity contribution in [1.29, 1.82) is 0 Å². The van der Waals surface area contributed by atoms with Crippen molar-refractivity contribution >= 4 is 27.7 Å². The number of benzene rings is 2. The van der Waals surface area contributed by atoms with Crippen LogP contribution >= 0.6 is 15.9 Å². The maximum Gasteiger partial charge on any atom is 0.260 e. The molecule has 29 heavy (non-hydrogen) atoms. The highest BCUT2D eigenvalue weighted by Crippen LogP contribution is 2.24. The van der Waals surface area contributed by atoms with Crippen molar-refractivity contribution in [3.05, 3.63) is 65.1 Å². The van der Waals surface area contributed by atoms with Gasteiger partial charge in [0.2, 0.25) is 0 Å². The Morgan fingerprint density at radius 3 is 2.62 bits per heavy atom. The summed E-state index contributed by atoms with van der Waals surface area (Å²) in [5.41, 5.74) is 2.08. The molecule has 1 amide bonds. The molecule has 150 valence electrons. The average Bonchev–Trinajstić information content (AvgIpc) is 3.11. The molecule has 0 aliphatic carbocycles. The molecule has 2 heterocycles. The fourth-order valence-electron chi connectivity index (χ4n) is 3.40. The third-order valence-electron chi connectivity index (χ3n) is 5.00. The summed E-state index contributed by atoms with van der Waals surface area (Å²) in [4.78, 5) is 16.6. The molecule has 1 fully saturated rings. The number of anilines is 1. The quantitative estimate of drug-likeness (QED) is 0.633. The Morgan fingerprint density at radius 1 is 1.03 bits per heavy atom. The second-order valence-corrected chi connectivity index (χ2v) is 7.89. The highest BCUT2D eigenvalue weighted by atomic mass is 79.9. The number of ether oxygens (including phenoxy) is 1. The first-order valence-electron chi connectivity index (χ1n) is 9.71. The predicted molar refractivity (Wildman–Crippen MR) is 117 cm³/mol. The molecule has 2 aromatic carbocycles. The van der Waals surface area contributed by atoms with E-state index in [2.05, 4.69) is 49.2 Å². The first-order chi connectivity index (χ1) is 14.2. The maximum absolute atomic E-state index is 12.5. The van der Waals surface area contributed by atoms with Gasteiger partial charge in [-0.15, -0.1) is 0 Å². The zero-order valence-electron chi connectivity index (χ0n) is 16.1. The molecule has 6 nitrogen and oxygen atoms in total. The summed E-state index contributed by atoms with van der Waals surface area (Å²) in [7, 11) is 0. The summed E-state index contributed by atoms with van der Waals surface area (Å²) in [5.74, 6) is 1.65. The van der Waals surface area contributed by atoms with Crippen LogP contribution in [0.4, 0.5) is 5.82 Å². The molecular weight excluding hydrogens is 432 g/mol. The molecule has 0 bridgehead atoms. The van der Waals surface area contributed by atoms with Crippen LogP contribution in [0.15, 0.2) is 65.1 Å². The number of hydrogen-bond acceptors (Lipinski definition) is 4. The van der Waals surface area contributed by atoms with Crippen LogP contribution in [0.5, 0.6) is 5.75 Å². The van der Waals surface area contributed by atoms with E-state index in [0.29, 0.717) is 12.3 Å². The van der Waals surface area contributed by atoms with Crippen LogP contribution in [0.1, 0.15) is 6.42 Å². The van der Waals surface area contributed by atoms with Crippen LogP contribution in [0, 0.1) is 0 Å². The highest BCUT2D eigenvalue weighted by Gasteiger charge is 2.21. The van der Waals surface area contributed by atoms with E-state index < -0.39 is 0 Å². The van der Waals surface area contributed by atoms with E-state index in [4.69, 9.17) is 4.74 Å². The molecular formula is C22H23BrN4O2. The number of aromatic nitrogens is 2. The van der Waals surface area contributed by atoms with E-state index in [0.717, 1.165) is 47.6 Å². The van der Waals surface area contributed by atoms with Crippen molar-refractivity contribution in [2.45, 2.75) is 6.42 Å². The van der Waals surface area contributed by atoms with Gasteiger partial charge in [-0.05, 0) is 36.2 Å². The lowest BCUT2D eigenvalue weighted by Crippen LogP contribution is -2.38. The van der Waals surface area contributed by atoms with Crippen molar-refractivity contribution in [2.24, 2.45) is 0 Å². The van der Waals surface area contributed by atoms with Crippen LogP contribution < -0.4 is 9.64 Å². The Balaban J connectivity index is 1.34. The third-order valence-corrected chi connectivity index (χ3v) is 5.53. The minimum atomic E-state index is 0.0216. The SMILES string of the molecule is O=C(COc1ccccc1)N1CCCN(c2cc(-c3ccc(Br)cc3)[nH]n2)CC1. The number of H-pyrrole nitrogens is 1. The highest BCUT2D eigenvalue weighted by molar-refractivity contribution is 9.10. The smallest absolute Gasteiger partial charge is 0.260 e. The van der Waals surface area contributed by atoms with Crippen LogP contribution in [-0.4, -0.2) is 53.8 Å². The van der Waals surface area contributed by atoms with Crippen LogP contribution in [0.3, 0.4) is 0 Å². The molecule has 4 rings (SSSR count). The number of aromatic amines is 1. The standard InChI is InChI=1S/C22H23BrN4O2/c23-18-9-7-17(8-10-18)20-15-21(25-24-20)26-11-4-12-27(14-13-26)22(28)16-29-19-5-2-1-3-6-19/h1-3,5-10,15H,4,11-14,16H2,(H,24,25). The lowest BCUT2D eigenvalue weighted by atomic mass is 10.1. The number of nitrogens with zero attached hydrogens (tertiary/aromatic N) is 3. The molecule has 0 saturated carbocycles. The molecule has 1 N–H and O–H groups in total. The third kappa shape index (κ3) is 4.98. The van der Waals surface area contributed by atoms with E-state index in [1.165, 1.54) is 0 Å². The number of halogens is 1. The molecule has 0 radical (unpaired) electrons. The molecule has 1 aliphatic rings. The lowest BCUT2D eigenvalue weighted by molar-refractivity contribution is -0.133. The second kappa shape index (κ2) is 9.13. The van der Waals surface area contributed by atoms with E-state index in [1.807, 2.05) is 47.4 Å². The Hall–Kier alpha value is -2.80. The maximum atomic E-state index is 12.5. The van der Waals surface area contributed by atoms with E-state index >= 15 is 0 Å². The summed E-state index contributed by atoms with van der Waals surface area (Å²) in [6.07, 6.45) is 0.900. The van der Waals surface area contributed by atoms with Gasteiger partial charge in [-0.3, -0.25) is 9.89 Å². The summed E-state index contributed by atoms with van der Waals surface area (Å²) in [6.45, 7) is 3.09. The van der Waals surface area contributed by atoms with E-state index in [1.54, 1.807) is 0 Å². The van der Waals surface area contributed by atoms with E-state index in [-0.39, 0.29) is 12.5 Å². The number of rotatable bonds is 5. The minimum absolute atomic E-state index is 0.0216. The molecule has 7 heteroatoms. The van der Waals surface area contributed by atoms with Crippen LogP contribution in [0.2, 0.25) is 0 Å². The summed E-state index contributed by atoms with van der Waals surface area (Å²) in [6, 6.07) is 19.6. The summed E-state index contributed by atoms with van der Waals surface area (Å²) < 4.78 is 6.66. The second-order valence-electron chi connectivity index (χ2n) is 6.97. The number of para-hydroxylation sites is 1. The van der Waals surface area contributed by atoms with Crippen LogP contribution in [0.25, 0.3) is 11.3 Å². The van der Waals surface area contributed by atoms with Crippen LogP contribution in [-0.2, 0) is 4.79 Å². The van der Waals surface area contributed by atoms with Gasteiger partial charge in [0, 0.05) is 36.7 Å². The van der Waals surface area contributed by atoms with Gasteiger partial charge in [0.05, 0.1) is 5.69 Å². The van der Waals surface area contributed by atoms with Gasteiger partial charge >= 0.3 is 0 Å². The van der Waals surface area contributed by atoms with Crippen molar-refractivity contribution in [1.82, 2.24) is 15.1 Å². The lowest BCUT2D eigenvalue weighted by Gasteiger charge is -2.22. The molecule has 3 aromatic rings. The topological polar surface area (TPSA) is 61.5 Å². The largest absolute Gasteiger partial charge is 0.484 e. The first kappa shape index (κ1) is 19.5. The Labute approximate surface area is 178 Å². The Morgan fingerprint density at radius 2 is 1.83 bits per heavy atom. The van der Waals surface area contributed by atoms with Crippen molar-refractivity contribution in [3.8, 4) is 17.0 Å². The summed E-state index contributed by atoms with van der Waals surface area (Å²) in [5, 5.41) is 7.61. The van der Waals surface area contributed by atoms with Crippen molar-refractivity contribution in [3.63, 3.8) is 0 Å². The van der Waals surface area contributed by atoms with Gasteiger partial charge in [0.25, 0.3) is 5.91 Å². The number of amides is 1. The molecule has 1 aliphatic heterocycles. The molecule has 1 aromatic heterocycles. The Kier molecular flexibility index (Phi) is 6.14. The van der Waals surface area contributed by atoms with E-state index in [9.17, 15) is 4.79 Å². The fourth-order valence-corrected chi connectivity index (χ4v) is 3.66. The number of carbonyl (C=O) groups is 1. The van der Waals surface area contributed by atoms with Crippen molar-refractivity contribution < 1.29 is 9.53 Å². The first-order valence-corrected chi connectivity index (χ1v) is 10.5. The van der Waals surface area contributed by atoms with Gasteiger partial charge in [-0.2, -0.15) is 5.10 Å². The number of hydrogen-bond donors (Lipinski definition) is 1. The molecule has 0 unspecified atom stereocenters. The Bertz CT molecular complexity index is 943. The normalized spacial score (nSPS) is 14.5. The monoisotopic (exact) mass is 454 g/mol. The van der Waals surface area contributed by atoms with Crippen molar-refractivity contribution in [2.75, 3.05) is 37.7 Å². The molecule has 1 saturated heterocycles.